The fourth-order valence-electron chi connectivity index (χ4n) is 10.2. The van der Waals surface area contributed by atoms with Crippen LogP contribution in [0.15, 0.2) is 67.0 Å². The fraction of sp³-hybridized carbons (Fsp3) is 0.413. The van der Waals surface area contributed by atoms with Crippen LogP contribution in [0.1, 0.15) is 82.6 Å². The minimum atomic E-state index is -1.23. The van der Waals surface area contributed by atoms with Crippen LogP contribution in [0.2, 0.25) is 0 Å². The molecule has 0 spiro atoms. The number of aliphatic hydroxyl groups excluding tert-OH is 1. The third-order valence-corrected chi connectivity index (χ3v) is 13.8. The second-order valence-electron chi connectivity index (χ2n) is 17.4. The topological polar surface area (TPSA) is 204 Å². The molecule has 5 aliphatic rings. The van der Waals surface area contributed by atoms with Gasteiger partial charge in [-0.25, -0.2) is 19.0 Å². The Morgan fingerprint density at radius 2 is 1.64 bits per heavy atom. The zero-order valence-electron chi connectivity index (χ0n) is 35.5. The molecule has 5 aromatic rings. The maximum absolute atomic E-state index is 13.9. The van der Waals surface area contributed by atoms with Gasteiger partial charge in [0.15, 0.2) is 11.9 Å². The number of nitrogens with two attached hydrogens (primary N) is 1. The number of likely N-dealkylation sites (tertiary alicyclic amines) is 1. The number of benzene rings is 3. The minimum Gasteiger partial charge on any atom is -0.496 e. The van der Waals surface area contributed by atoms with Crippen molar-refractivity contribution in [2.24, 2.45) is 0 Å². The summed E-state index contributed by atoms with van der Waals surface area (Å²) in [4.78, 5) is 68.1. The quantitative estimate of drug-likeness (QED) is 0.149. The van der Waals surface area contributed by atoms with Crippen LogP contribution in [-0.2, 0) is 16.1 Å². The van der Waals surface area contributed by atoms with Crippen LogP contribution in [0.4, 0.5) is 15.9 Å². The number of anilines is 2. The summed E-state index contributed by atoms with van der Waals surface area (Å²) < 4.78 is 21.1. The SMILES string of the molecule is COc1ccc(F)cc1C(=O)NCc1ccc(-c2nn(C3CCN(C4CC(N5CCN(c6ccc7c(c6)C(=O)N(C6CCC(=O)NC6=O)C7O)CC5)C4)CC3)c3ncnc(N)c23)cc1. The predicted molar refractivity (Wildman–Crippen MR) is 233 cm³/mol. The van der Waals surface area contributed by atoms with E-state index in [1.165, 1.54) is 30.5 Å². The number of methoxy groups -OCH3 is 1. The summed E-state index contributed by atoms with van der Waals surface area (Å²) in [7, 11) is 1.44. The summed E-state index contributed by atoms with van der Waals surface area (Å²) in [5.41, 5.74) is 11.5. The van der Waals surface area contributed by atoms with Gasteiger partial charge in [-0.05, 0) is 68.0 Å². The van der Waals surface area contributed by atoms with Gasteiger partial charge in [0.05, 0.1) is 24.1 Å². The Hall–Kier alpha value is -6.50. The lowest BCUT2D eigenvalue weighted by atomic mass is 9.82. The number of nitrogen functional groups attached to an aromatic ring is 1. The minimum absolute atomic E-state index is 0.127. The highest BCUT2D eigenvalue weighted by Crippen LogP contribution is 2.40. The number of rotatable bonds is 10. The van der Waals surface area contributed by atoms with Crippen LogP contribution in [0.25, 0.3) is 22.3 Å². The molecule has 332 valence electrons. The van der Waals surface area contributed by atoms with E-state index in [1.54, 1.807) is 6.07 Å². The van der Waals surface area contributed by atoms with Gasteiger partial charge in [0.1, 0.15) is 35.4 Å². The van der Waals surface area contributed by atoms with Gasteiger partial charge in [-0.3, -0.25) is 34.3 Å². The number of hydrogen-bond acceptors (Lipinski definition) is 13. The van der Waals surface area contributed by atoms with Crippen molar-refractivity contribution in [2.45, 2.75) is 75.5 Å². The summed E-state index contributed by atoms with van der Waals surface area (Å²) in [6, 6.07) is 17.4. The molecule has 4 amide bonds. The van der Waals surface area contributed by atoms with Crippen LogP contribution in [0.3, 0.4) is 0 Å². The van der Waals surface area contributed by atoms with E-state index in [-0.39, 0.29) is 42.8 Å². The van der Waals surface area contributed by atoms with E-state index < -0.39 is 29.9 Å². The molecule has 2 unspecified atom stereocenters. The average molecular weight is 872 g/mol. The first-order chi connectivity index (χ1) is 31.0. The number of aliphatic hydroxyl groups is 1. The number of carbonyl (C=O) groups is 4. The van der Waals surface area contributed by atoms with Crippen molar-refractivity contribution < 1.29 is 33.4 Å². The lowest BCUT2D eigenvalue weighted by Gasteiger charge is -2.51. The Balaban J connectivity index is 0.720. The van der Waals surface area contributed by atoms with Gasteiger partial charge < -0.3 is 30.7 Å². The number of piperidine rings is 2. The van der Waals surface area contributed by atoms with Gasteiger partial charge >= 0.3 is 0 Å². The van der Waals surface area contributed by atoms with Gasteiger partial charge in [-0.2, -0.15) is 5.10 Å². The second-order valence-corrected chi connectivity index (χ2v) is 17.4. The van der Waals surface area contributed by atoms with Gasteiger partial charge in [-0.1, -0.05) is 30.3 Å². The number of hydrogen-bond donors (Lipinski definition) is 4. The highest BCUT2D eigenvalue weighted by molar-refractivity contribution is 6.06. The Morgan fingerprint density at radius 3 is 2.36 bits per heavy atom. The van der Waals surface area contributed by atoms with Crippen molar-refractivity contribution in [3.05, 3.63) is 95.1 Å². The van der Waals surface area contributed by atoms with Crippen molar-refractivity contribution in [1.29, 1.82) is 0 Å². The number of carbonyl (C=O) groups excluding carboxylic acids is 4. The molecule has 3 saturated heterocycles. The lowest BCUT2D eigenvalue weighted by molar-refractivity contribution is -0.139. The van der Waals surface area contributed by atoms with Crippen molar-refractivity contribution in [3.8, 4) is 17.0 Å². The molecule has 17 nitrogen and oxygen atoms in total. The third-order valence-electron chi connectivity index (χ3n) is 13.8. The van der Waals surface area contributed by atoms with E-state index in [1.807, 2.05) is 41.1 Å². The smallest absolute Gasteiger partial charge is 0.257 e. The Morgan fingerprint density at radius 1 is 0.906 bits per heavy atom. The van der Waals surface area contributed by atoms with Gasteiger partial charge in [-0.15, -0.1) is 0 Å². The second kappa shape index (κ2) is 16.9. The van der Waals surface area contributed by atoms with Gasteiger partial charge in [0, 0.05) is 86.7 Å². The van der Waals surface area contributed by atoms with Crippen molar-refractivity contribution in [2.75, 3.05) is 57.0 Å². The maximum atomic E-state index is 13.9. The molecule has 18 heteroatoms. The molecule has 10 rings (SSSR count). The van der Waals surface area contributed by atoms with E-state index in [0.717, 1.165) is 87.8 Å². The number of imide groups is 1. The summed E-state index contributed by atoms with van der Waals surface area (Å²) in [5.74, 6) is -1.60. The summed E-state index contributed by atoms with van der Waals surface area (Å²) in [6.45, 7) is 5.64. The zero-order chi connectivity index (χ0) is 44.2. The van der Waals surface area contributed by atoms with E-state index in [2.05, 4.69) is 35.3 Å². The number of ether oxygens (including phenoxy) is 1. The molecule has 64 heavy (non-hydrogen) atoms. The molecule has 3 aromatic carbocycles. The molecular weight excluding hydrogens is 822 g/mol. The molecule has 1 saturated carbocycles. The number of fused-ring (bicyclic) bond motifs is 2. The first-order valence-corrected chi connectivity index (χ1v) is 22.0. The summed E-state index contributed by atoms with van der Waals surface area (Å²) in [6.07, 6.45) is 4.69. The van der Waals surface area contributed by atoms with Gasteiger partial charge in [0.25, 0.3) is 11.8 Å². The van der Waals surface area contributed by atoms with Crippen LogP contribution in [0.5, 0.6) is 5.75 Å². The van der Waals surface area contributed by atoms with Crippen LogP contribution in [0, 0.1) is 5.82 Å². The van der Waals surface area contributed by atoms with Gasteiger partial charge in [0.2, 0.25) is 11.8 Å². The molecular formula is C46H50FN11O6. The molecule has 4 aliphatic heterocycles. The van der Waals surface area contributed by atoms with Crippen molar-refractivity contribution in [3.63, 3.8) is 0 Å². The maximum Gasteiger partial charge on any atom is 0.257 e. The molecule has 2 atom stereocenters. The predicted octanol–water partition coefficient (Wildman–Crippen LogP) is 3.40. The molecule has 0 radical (unpaired) electrons. The van der Waals surface area contributed by atoms with Crippen LogP contribution < -0.4 is 26.0 Å². The largest absolute Gasteiger partial charge is 0.496 e. The zero-order valence-corrected chi connectivity index (χ0v) is 35.5. The molecule has 4 fully saturated rings. The fourth-order valence-corrected chi connectivity index (χ4v) is 10.2. The molecule has 6 heterocycles. The highest BCUT2D eigenvalue weighted by Gasteiger charge is 2.45. The summed E-state index contributed by atoms with van der Waals surface area (Å²) >= 11 is 0. The van der Waals surface area contributed by atoms with Crippen LogP contribution in [-0.4, -0.2) is 128 Å². The Labute approximate surface area is 368 Å². The van der Waals surface area contributed by atoms with Crippen molar-refractivity contribution >= 4 is 46.2 Å². The highest BCUT2D eigenvalue weighted by atomic mass is 19.1. The number of amides is 4. The Bertz CT molecular complexity index is 2640. The van der Waals surface area contributed by atoms with Crippen LogP contribution >= 0.6 is 0 Å². The van der Waals surface area contributed by atoms with E-state index in [9.17, 15) is 28.7 Å². The molecule has 1 aliphatic carbocycles. The molecule has 0 bridgehead atoms. The third kappa shape index (κ3) is 7.58. The summed E-state index contributed by atoms with van der Waals surface area (Å²) in [5, 5.41) is 22.0. The number of nitrogens with one attached hydrogen (secondary N) is 2. The molecule has 5 N–H and O–H groups in total. The normalized spacial score (nSPS) is 23.3. The lowest BCUT2D eigenvalue weighted by Crippen LogP contribution is -2.59. The standard InChI is InChI=1S/C46H50FN11O6/c1-64-37-10-6-28(47)20-35(37)43(60)49-24-26-2-4-27(5-3-26)40-39-41(48)50-25-51-42(39)58(53-40)29-12-14-54(15-13-29)31-21-32(22-31)56-18-16-55(17-19-56)30-7-8-33-34(23-30)46(63)57(45(33)62)36-9-11-38(59)52-44(36)61/h2-8,10,20,23,25,29,31-32,36,45,62H,9,11-19,21-22,24H2,1H3,(H,49,60)(H2,48,50,51)(H,52,59,61). The van der Waals surface area contributed by atoms with E-state index >= 15 is 0 Å². The average Bonchev–Trinajstić information content (AvgIpc) is 3.80. The Kier molecular flexibility index (Phi) is 11.0. The molecule has 2 aromatic heterocycles. The van der Waals surface area contributed by atoms with E-state index in [4.69, 9.17) is 15.6 Å². The number of piperazine rings is 1. The number of nitrogens with zero attached hydrogens (tertiary/aromatic N) is 8. The first-order valence-electron chi connectivity index (χ1n) is 22.0. The van der Waals surface area contributed by atoms with Crippen molar-refractivity contribution in [1.82, 2.24) is 45.1 Å². The first kappa shape index (κ1) is 41.5. The van der Waals surface area contributed by atoms with E-state index in [0.29, 0.717) is 51.5 Å². The number of aromatic nitrogens is 4. The number of halogens is 1. The monoisotopic (exact) mass is 871 g/mol.